The van der Waals surface area contributed by atoms with Crippen molar-refractivity contribution < 1.29 is 22.6 Å². The van der Waals surface area contributed by atoms with Crippen molar-refractivity contribution in [3.63, 3.8) is 0 Å². The zero-order valence-electron chi connectivity index (χ0n) is 6.78. The molecule has 0 aliphatic carbocycles. The fourth-order valence-corrected chi connectivity index (χ4v) is 0.493. The van der Waals surface area contributed by atoms with Gasteiger partial charge in [-0.1, -0.05) is 0 Å². The van der Waals surface area contributed by atoms with E-state index in [2.05, 4.69) is 10.1 Å². The van der Waals surface area contributed by atoms with E-state index in [-0.39, 0.29) is 6.61 Å². The molecule has 0 bridgehead atoms. The van der Waals surface area contributed by atoms with Crippen molar-refractivity contribution in [3.05, 3.63) is 0 Å². The lowest BCUT2D eigenvalue weighted by Crippen LogP contribution is -2.19. The maximum atomic E-state index is 11.3. The molecule has 0 aromatic heterocycles. The third-order valence-corrected chi connectivity index (χ3v) is 0.990. The van der Waals surface area contributed by atoms with Crippen LogP contribution in [0.4, 0.5) is 13.2 Å². The van der Waals surface area contributed by atoms with Crippen LogP contribution in [-0.4, -0.2) is 39.8 Å². The topological polar surface area (TPSA) is 30.5 Å². The molecule has 0 saturated carbocycles. The van der Waals surface area contributed by atoms with Gasteiger partial charge in [-0.2, -0.15) is 0 Å². The minimum Gasteiger partial charge on any atom is -0.378 e. The van der Waals surface area contributed by atoms with Gasteiger partial charge in [0, 0.05) is 6.54 Å². The first kappa shape index (κ1) is 11.7. The molecule has 1 N–H and O–H groups in total. The van der Waals surface area contributed by atoms with Crippen LogP contribution in [0.25, 0.3) is 0 Å². The molecule has 6 heteroatoms. The lowest BCUT2D eigenvalue weighted by atomic mass is 10.7. The van der Waals surface area contributed by atoms with Gasteiger partial charge in [0.2, 0.25) is 0 Å². The zero-order valence-corrected chi connectivity index (χ0v) is 6.78. The van der Waals surface area contributed by atoms with E-state index in [0.29, 0.717) is 13.2 Å². The van der Waals surface area contributed by atoms with Gasteiger partial charge in [0.05, 0.1) is 19.8 Å². The molecule has 0 aliphatic rings. The van der Waals surface area contributed by atoms with Crippen molar-refractivity contribution in [2.24, 2.45) is 0 Å². The van der Waals surface area contributed by atoms with E-state index in [4.69, 9.17) is 4.74 Å². The first-order valence-corrected chi connectivity index (χ1v) is 3.49. The normalized spacial score (nSPS) is 12.0. The second kappa shape index (κ2) is 6.22. The van der Waals surface area contributed by atoms with Crippen LogP contribution >= 0.6 is 0 Å². The number of likely N-dealkylation sites (N-methyl/N-ethyl adjacent to an activating group) is 1. The van der Waals surface area contributed by atoms with Crippen molar-refractivity contribution in [2.75, 3.05) is 33.4 Å². The van der Waals surface area contributed by atoms with Gasteiger partial charge >= 0.3 is 6.36 Å². The molecule has 0 spiro atoms. The molecule has 0 aromatic rings. The van der Waals surface area contributed by atoms with Gasteiger partial charge in [-0.25, -0.2) is 0 Å². The monoisotopic (exact) mass is 187 g/mol. The number of alkyl halides is 3. The van der Waals surface area contributed by atoms with Crippen LogP contribution in [0.5, 0.6) is 0 Å². The van der Waals surface area contributed by atoms with Gasteiger partial charge in [-0.3, -0.25) is 4.74 Å². The SMILES string of the molecule is CNCCOCCOC(F)(F)F. The van der Waals surface area contributed by atoms with Crippen molar-refractivity contribution in [2.45, 2.75) is 6.36 Å². The van der Waals surface area contributed by atoms with Crippen LogP contribution in [-0.2, 0) is 9.47 Å². The number of ether oxygens (including phenoxy) is 2. The predicted octanol–water partition coefficient (Wildman–Crippen LogP) is 0.759. The summed E-state index contributed by atoms with van der Waals surface area (Å²) in [5.74, 6) is 0. The summed E-state index contributed by atoms with van der Waals surface area (Å²) in [5, 5.41) is 2.79. The van der Waals surface area contributed by atoms with Crippen molar-refractivity contribution in [1.82, 2.24) is 5.32 Å². The van der Waals surface area contributed by atoms with E-state index < -0.39 is 13.0 Å². The Bertz CT molecular complexity index is 107. The minimum atomic E-state index is -4.55. The Morgan fingerprint density at radius 2 is 1.83 bits per heavy atom. The maximum absolute atomic E-state index is 11.3. The van der Waals surface area contributed by atoms with Gasteiger partial charge in [-0.15, -0.1) is 13.2 Å². The summed E-state index contributed by atoms with van der Waals surface area (Å²) in [6.07, 6.45) is -4.55. The summed E-state index contributed by atoms with van der Waals surface area (Å²) in [7, 11) is 1.73. The standard InChI is InChI=1S/C6H12F3NO2/c1-10-2-3-11-4-5-12-6(7,8)9/h10H,2-5H2,1H3. The first-order chi connectivity index (χ1) is 5.56. The molecule has 0 atom stereocenters. The Morgan fingerprint density at radius 1 is 1.17 bits per heavy atom. The molecular formula is C6H12F3NO2. The van der Waals surface area contributed by atoms with Gasteiger partial charge in [-0.05, 0) is 7.05 Å². The second-order valence-electron chi connectivity index (χ2n) is 2.01. The highest BCUT2D eigenvalue weighted by Gasteiger charge is 2.28. The van der Waals surface area contributed by atoms with Crippen molar-refractivity contribution in [1.29, 1.82) is 0 Å². The fraction of sp³-hybridized carbons (Fsp3) is 1.00. The first-order valence-electron chi connectivity index (χ1n) is 3.49. The van der Waals surface area contributed by atoms with Crippen LogP contribution in [0.15, 0.2) is 0 Å². The van der Waals surface area contributed by atoms with E-state index in [1.54, 1.807) is 7.05 Å². The second-order valence-corrected chi connectivity index (χ2v) is 2.01. The Balaban J connectivity index is 3.01. The summed E-state index contributed by atoms with van der Waals surface area (Å²) >= 11 is 0. The molecule has 0 rings (SSSR count). The van der Waals surface area contributed by atoms with Crippen LogP contribution in [0.3, 0.4) is 0 Å². The summed E-state index contributed by atoms with van der Waals surface area (Å²) in [5.41, 5.74) is 0. The Labute approximate surface area is 68.8 Å². The number of hydrogen-bond donors (Lipinski definition) is 1. The van der Waals surface area contributed by atoms with Crippen molar-refractivity contribution >= 4 is 0 Å². The van der Waals surface area contributed by atoms with Crippen LogP contribution in [0.1, 0.15) is 0 Å². The van der Waals surface area contributed by atoms with Gasteiger partial charge < -0.3 is 10.1 Å². The van der Waals surface area contributed by atoms with Crippen LogP contribution in [0, 0.1) is 0 Å². The molecule has 0 radical (unpaired) electrons. The average molecular weight is 187 g/mol. The minimum absolute atomic E-state index is 0.0405. The largest absolute Gasteiger partial charge is 0.522 e. The van der Waals surface area contributed by atoms with E-state index in [0.717, 1.165) is 0 Å². The van der Waals surface area contributed by atoms with E-state index in [9.17, 15) is 13.2 Å². The highest BCUT2D eigenvalue weighted by atomic mass is 19.4. The molecule has 0 aliphatic heterocycles. The molecule has 0 amide bonds. The van der Waals surface area contributed by atoms with E-state index in [1.165, 1.54) is 0 Å². The predicted molar refractivity (Wildman–Crippen MR) is 36.8 cm³/mol. The van der Waals surface area contributed by atoms with Crippen LogP contribution < -0.4 is 5.32 Å². The summed E-state index contributed by atoms with van der Waals surface area (Å²) in [6.45, 7) is 0.512. The van der Waals surface area contributed by atoms with Gasteiger partial charge in [0.15, 0.2) is 0 Å². The summed E-state index contributed by atoms with van der Waals surface area (Å²) in [4.78, 5) is 0. The smallest absolute Gasteiger partial charge is 0.378 e. The molecule has 74 valence electrons. The van der Waals surface area contributed by atoms with E-state index >= 15 is 0 Å². The third kappa shape index (κ3) is 9.67. The quantitative estimate of drug-likeness (QED) is 0.623. The summed E-state index contributed by atoms with van der Waals surface area (Å²) in [6, 6.07) is 0. The van der Waals surface area contributed by atoms with Gasteiger partial charge in [0.25, 0.3) is 0 Å². The van der Waals surface area contributed by atoms with Gasteiger partial charge in [0.1, 0.15) is 0 Å². The highest BCUT2D eigenvalue weighted by Crippen LogP contribution is 2.15. The number of halogens is 3. The highest BCUT2D eigenvalue weighted by molar-refractivity contribution is 4.36. The molecule has 0 fully saturated rings. The third-order valence-electron chi connectivity index (χ3n) is 0.990. The maximum Gasteiger partial charge on any atom is 0.522 e. The number of rotatable bonds is 6. The molecule has 0 saturated heterocycles. The molecule has 0 unspecified atom stereocenters. The lowest BCUT2D eigenvalue weighted by molar-refractivity contribution is -0.327. The Hall–Kier alpha value is -0.330. The Morgan fingerprint density at radius 3 is 2.33 bits per heavy atom. The number of hydrogen-bond acceptors (Lipinski definition) is 3. The Kier molecular flexibility index (Phi) is 6.04. The number of nitrogens with one attached hydrogen (secondary N) is 1. The molecule has 12 heavy (non-hydrogen) atoms. The van der Waals surface area contributed by atoms with Crippen molar-refractivity contribution in [3.8, 4) is 0 Å². The average Bonchev–Trinajstić information content (AvgIpc) is 1.94. The fourth-order valence-electron chi connectivity index (χ4n) is 0.493. The van der Waals surface area contributed by atoms with E-state index in [1.807, 2.05) is 0 Å². The summed E-state index contributed by atoms with van der Waals surface area (Å²) < 4.78 is 42.3. The molecule has 0 aromatic carbocycles. The molecule has 3 nitrogen and oxygen atoms in total. The lowest BCUT2D eigenvalue weighted by Gasteiger charge is -2.07. The van der Waals surface area contributed by atoms with Crippen LogP contribution in [0.2, 0.25) is 0 Å². The molecular weight excluding hydrogens is 175 g/mol. The molecule has 0 heterocycles. The zero-order chi connectivity index (χ0) is 9.45.